The molecule has 0 amide bonds. The number of aromatic nitrogens is 1. The Hall–Kier alpha value is -2.68. The summed E-state index contributed by atoms with van der Waals surface area (Å²) >= 11 is 1.82. The van der Waals surface area contributed by atoms with Crippen molar-refractivity contribution in [3.05, 3.63) is 50.3 Å². The first-order chi connectivity index (χ1) is 12.9. The van der Waals surface area contributed by atoms with Gasteiger partial charge in [0.05, 0.1) is 6.07 Å². The average molecular weight is 478 g/mol. The molecule has 27 heavy (non-hydrogen) atoms. The van der Waals surface area contributed by atoms with Gasteiger partial charge in [0.2, 0.25) is 0 Å². The van der Waals surface area contributed by atoms with Crippen LogP contribution < -0.4 is 9.80 Å². The molecule has 0 aromatic carbocycles. The van der Waals surface area contributed by atoms with Crippen molar-refractivity contribution in [2.24, 2.45) is 0 Å². The van der Waals surface area contributed by atoms with Gasteiger partial charge in [-0.05, 0) is 38.9 Å². The van der Waals surface area contributed by atoms with Gasteiger partial charge in [-0.15, -0.1) is 13.3 Å². The van der Waals surface area contributed by atoms with Crippen LogP contribution in [-0.2, 0) is 17.3 Å². The summed E-state index contributed by atoms with van der Waals surface area (Å²) in [5.41, 5.74) is 0. The van der Waals surface area contributed by atoms with Gasteiger partial charge in [-0.25, -0.2) is 4.98 Å². The summed E-state index contributed by atoms with van der Waals surface area (Å²) in [5, 5.41) is 30.9. The van der Waals surface area contributed by atoms with Crippen molar-refractivity contribution in [1.82, 2.24) is 14.8 Å². The molecule has 0 aliphatic carbocycles. The van der Waals surface area contributed by atoms with E-state index in [0.717, 1.165) is 6.26 Å². The predicted octanol–water partition coefficient (Wildman–Crippen LogP) is 2.53. The molecule has 2 aliphatic rings. The maximum atomic E-state index is 9.85. The van der Waals surface area contributed by atoms with Gasteiger partial charge in [0, 0.05) is 19.1 Å². The van der Waals surface area contributed by atoms with E-state index in [0.29, 0.717) is 11.6 Å². The minimum atomic E-state index is 0.188. The zero-order chi connectivity index (χ0) is 20.8. The Morgan fingerprint density at radius 3 is 1.59 bits per heavy atom. The fourth-order valence-corrected chi connectivity index (χ4v) is 1.92. The van der Waals surface area contributed by atoms with Crippen LogP contribution in [0.3, 0.4) is 0 Å². The molecule has 0 atom stereocenters. The monoisotopic (exact) mass is 478 g/mol. The van der Waals surface area contributed by atoms with E-state index in [1.807, 2.05) is 89.1 Å². The maximum absolute atomic E-state index is 9.85. The topological polar surface area (TPSA) is 114 Å². The van der Waals surface area contributed by atoms with Crippen molar-refractivity contribution in [1.29, 1.82) is 10.5 Å². The number of hydrogen-bond donors (Lipinski definition) is 2. The van der Waals surface area contributed by atoms with Crippen LogP contribution in [0.5, 0.6) is 5.75 Å². The average Bonchev–Trinajstić information content (AvgIpc) is 3.26. The van der Waals surface area contributed by atoms with E-state index in [1.54, 1.807) is 18.2 Å². The number of rotatable bonds is 2. The van der Waals surface area contributed by atoms with E-state index in [2.05, 4.69) is 14.7 Å². The first-order valence-corrected chi connectivity index (χ1v) is 9.44. The number of hydrogen-bond acceptors (Lipinski definition) is 9. The quantitative estimate of drug-likeness (QED) is 0.376. The van der Waals surface area contributed by atoms with Crippen molar-refractivity contribution in [3.8, 4) is 18.1 Å². The molecule has 9 nitrogen and oxygen atoms in total. The number of nitrogens with zero attached hydrogens (tertiary/aromatic N) is 7. The summed E-state index contributed by atoms with van der Waals surface area (Å²) in [6.45, 7) is 5.21. The first kappa shape index (κ1) is 24.3. The zero-order valence-electron chi connectivity index (χ0n) is 14.9. The van der Waals surface area contributed by atoms with Crippen LogP contribution in [0.25, 0.3) is 0 Å². The fourth-order valence-electron chi connectivity index (χ4n) is 1.92. The first-order valence-electron chi connectivity index (χ1n) is 7.20. The second kappa shape index (κ2) is 13.5. The number of pyridine rings is 1. The van der Waals surface area contributed by atoms with Crippen molar-refractivity contribution in [2.45, 2.75) is 6.92 Å². The van der Waals surface area contributed by atoms with Gasteiger partial charge in [0.25, 0.3) is 6.26 Å². The number of aliphatic hydroxyl groups excluding tert-OH is 1. The standard InChI is InChI=1S/C13H15N5O.C2H3N.CHNO.ClH.Ru/c1-15-3-5-17(9-15)12-7-11(19)8-13(14-12)18-6-4-16(2)10-18;1-2-3;2-1-3;;/h3-10H,1-2H3,(H,14,19);1H3;3H;1H;/q-2;;;;+3/p-1. The van der Waals surface area contributed by atoms with Crippen LogP contribution >= 0.6 is 9.69 Å². The summed E-state index contributed by atoms with van der Waals surface area (Å²) in [6.07, 6.45) is 8.37. The second-order valence-corrected chi connectivity index (χ2v) is 4.84. The third-order valence-electron chi connectivity index (χ3n) is 2.85. The number of nitriles is 2. The summed E-state index contributed by atoms with van der Waals surface area (Å²) in [4.78, 5) is 12.1. The van der Waals surface area contributed by atoms with Crippen molar-refractivity contribution >= 4 is 21.3 Å². The molecule has 1 aromatic heterocycles. The molecule has 145 valence electrons. The fraction of sp³-hybridized carbons (Fsp3) is 0.188. The molecule has 1 aromatic rings. The van der Waals surface area contributed by atoms with Crippen molar-refractivity contribution in [2.75, 3.05) is 23.9 Å². The molecule has 0 spiro atoms. The van der Waals surface area contributed by atoms with E-state index in [1.165, 1.54) is 6.92 Å². The summed E-state index contributed by atoms with van der Waals surface area (Å²) in [7, 11) is 8.44. The van der Waals surface area contributed by atoms with Crippen LogP contribution in [0.1, 0.15) is 6.92 Å². The molecule has 0 saturated carbocycles. The number of aliphatic hydroxyl groups is 1. The molecule has 0 fully saturated rings. The van der Waals surface area contributed by atoms with E-state index in [-0.39, 0.29) is 5.75 Å². The Labute approximate surface area is 173 Å². The van der Waals surface area contributed by atoms with Crippen LogP contribution in [0.15, 0.2) is 36.9 Å². The third-order valence-corrected chi connectivity index (χ3v) is 2.85. The van der Waals surface area contributed by atoms with E-state index in [9.17, 15) is 5.11 Å². The van der Waals surface area contributed by atoms with Crippen LogP contribution in [-0.4, -0.2) is 39.1 Å². The molecular formula is C16H19ClN7O2Ru. The van der Waals surface area contributed by atoms with Crippen molar-refractivity contribution in [3.63, 3.8) is 0 Å². The van der Waals surface area contributed by atoms with Gasteiger partial charge >= 0.3 is 27.0 Å². The minimum absolute atomic E-state index is 0.188. The number of anilines is 2. The van der Waals surface area contributed by atoms with Gasteiger partial charge in [0.15, 0.2) is 0 Å². The van der Waals surface area contributed by atoms with Crippen LogP contribution in [0, 0.1) is 36.2 Å². The Kier molecular flexibility index (Phi) is 12.2. The Balaban J connectivity index is 0.000000736. The molecule has 2 aliphatic heterocycles. The van der Waals surface area contributed by atoms with E-state index < -0.39 is 0 Å². The Morgan fingerprint density at radius 2 is 1.33 bits per heavy atom. The van der Waals surface area contributed by atoms with E-state index >= 15 is 0 Å². The van der Waals surface area contributed by atoms with Gasteiger partial charge in [0.1, 0.15) is 17.4 Å². The summed E-state index contributed by atoms with van der Waals surface area (Å²) in [5.74, 6) is 1.53. The number of aromatic hydroxyl groups is 1. The SMILES string of the molecule is CC#N.CN1C=CN(c2cc(O)cc(N3C=CN(C)[CH-]3)n2)[CH-]1.N#CO.[Cl][Ru+2]. The molecule has 2 N–H and O–H groups in total. The second-order valence-electron chi connectivity index (χ2n) is 4.84. The normalized spacial score (nSPS) is 13.4. The molecule has 0 bridgehead atoms. The molecule has 3 heterocycles. The van der Waals surface area contributed by atoms with Gasteiger partial charge < -0.3 is 29.8 Å². The molecule has 11 heteroatoms. The number of halogens is 1. The third kappa shape index (κ3) is 8.50. The summed E-state index contributed by atoms with van der Waals surface area (Å²) < 4.78 is 0. The Morgan fingerprint density at radius 1 is 1.00 bits per heavy atom. The molecule has 0 unspecified atom stereocenters. The van der Waals surface area contributed by atoms with Crippen LogP contribution in [0.2, 0.25) is 0 Å². The Bertz CT molecular complexity index is 661. The van der Waals surface area contributed by atoms with Crippen LogP contribution in [0.4, 0.5) is 11.6 Å². The zero-order valence-corrected chi connectivity index (χ0v) is 17.4. The molecular weight excluding hydrogens is 459 g/mol. The molecule has 0 saturated heterocycles. The predicted molar refractivity (Wildman–Crippen MR) is 98.0 cm³/mol. The molecule has 3 rings (SSSR count). The van der Waals surface area contributed by atoms with Crippen molar-refractivity contribution < 1.29 is 27.5 Å². The van der Waals surface area contributed by atoms with Gasteiger partial charge in [-0.1, -0.05) is 0 Å². The van der Waals surface area contributed by atoms with E-state index in [4.69, 9.17) is 15.6 Å². The van der Waals surface area contributed by atoms with Gasteiger partial charge in [-0.2, -0.15) is 10.5 Å². The summed E-state index contributed by atoms with van der Waals surface area (Å²) in [6, 6.07) is 5.01. The molecule has 0 radical (unpaired) electrons. The van der Waals surface area contributed by atoms with Gasteiger partial charge in [-0.3, -0.25) is 0 Å².